The molecule has 0 bridgehead atoms. The maximum Gasteiger partial charge on any atom is 0.222 e. The van der Waals surface area contributed by atoms with Gasteiger partial charge in [-0.2, -0.15) is 5.10 Å². The van der Waals surface area contributed by atoms with Gasteiger partial charge in [-0.3, -0.25) is 14.4 Å². The van der Waals surface area contributed by atoms with Gasteiger partial charge in [-0.15, -0.1) is 0 Å². The molecule has 0 radical (unpaired) electrons. The van der Waals surface area contributed by atoms with E-state index in [4.69, 9.17) is 9.47 Å². The Bertz CT molecular complexity index is 872. The SMILES string of the molecule is COc1cccc(CN2CCC[C@@]3(CCN(C(=O)CCCn4cncn4)C3)C2)c1OC. The minimum absolute atomic E-state index is 0.214. The molecular formula is C23H33N5O3. The van der Waals surface area contributed by atoms with E-state index >= 15 is 0 Å². The smallest absolute Gasteiger partial charge is 0.222 e. The van der Waals surface area contributed by atoms with Crippen LogP contribution in [-0.2, 0) is 17.9 Å². The van der Waals surface area contributed by atoms with Gasteiger partial charge >= 0.3 is 0 Å². The predicted octanol–water partition coefficient (Wildman–Crippen LogP) is 2.59. The molecule has 1 amide bonds. The van der Waals surface area contributed by atoms with Crippen molar-refractivity contribution in [3.63, 3.8) is 0 Å². The molecule has 8 heteroatoms. The van der Waals surface area contributed by atoms with E-state index in [0.717, 1.165) is 69.2 Å². The number of rotatable bonds is 8. The van der Waals surface area contributed by atoms with Crippen molar-refractivity contribution < 1.29 is 14.3 Å². The average Bonchev–Trinajstić information content (AvgIpc) is 3.44. The van der Waals surface area contributed by atoms with Crippen molar-refractivity contribution in [2.24, 2.45) is 5.41 Å². The van der Waals surface area contributed by atoms with Crippen LogP contribution in [0, 0.1) is 5.41 Å². The highest BCUT2D eigenvalue weighted by atomic mass is 16.5. The van der Waals surface area contributed by atoms with E-state index in [9.17, 15) is 4.79 Å². The van der Waals surface area contributed by atoms with Gasteiger partial charge in [0.05, 0.1) is 14.2 Å². The van der Waals surface area contributed by atoms with Crippen molar-refractivity contribution in [1.82, 2.24) is 24.6 Å². The molecule has 2 aliphatic rings. The summed E-state index contributed by atoms with van der Waals surface area (Å²) in [5.74, 6) is 1.86. The van der Waals surface area contributed by atoms with Crippen LogP contribution in [0.4, 0.5) is 0 Å². The van der Waals surface area contributed by atoms with E-state index in [1.165, 1.54) is 19.2 Å². The van der Waals surface area contributed by atoms with Gasteiger partial charge in [0.2, 0.25) is 5.91 Å². The lowest BCUT2D eigenvalue weighted by atomic mass is 9.79. The summed E-state index contributed by atoms with van der Waals surface area (Å²) in [4.78, 5) is 21.3. The number of nitrogens with zero attached hydrogens (tertiary/aromatic N) is 5. The molecule has 1 aromatic heterocycles. The highest BCUT2D eigenvalue weighted by molar-refractivity contribution is 5.76. The number of ether oxygens (including phenoxy) is 2. The normalized spacial score (nSPS) is 21.5. The third kappa shape index (κ3) is 5.01. The fraction of sp³-hybridized carbons (Fsp3) is 0.609. The minimum Gasteiger partial charge on any atom is -0.493 e. The number of benzene rings is 1. The van der Waals surface area contributed by atoms with Gasteiger partial charge in [0.25, 0.3) is 0 Å². The summed E-state index contributed by atoms with van der Waals surface area (Å²) in [5.41, 5.74) is 1.37. The maximum absolute atomic E-state index is 12.8. The number of piperidine rings is 1. The van der Waals surface area contributed by atoms with E-state index in [-0.39, 0.29) is 11.3 Å². The van der Waals surface area contributed by atoms with E-state index in [1.54, 1.807) is 25.2 Å². The molecule has 1 aromatic carbocycles. The van der Waals surface area contributed by atoms with Crippen LogP contribution in [0.2, 0.25) is 0 Å². The molecule has 2 fully saturated rings. The van der Waals surface area contributed by atoms with Crippen LogP contribution in [0.15, 0.2) is 30.9 Å². The Hall–Kier alpha value is -2.61. The van der Waals surface area contributed by atoms with Crippen LogP contribution in [0.3, 0.4) is 0 Å². The Morgan fingerprint density at radius 3 is 2.84 bits per heavy atom. The molecule has 168 valence electrons. The van der Waals surface area contributed by atoms with Crippen molar-refractivity contribution in [1.29, 1.82) is 0 Å². The number of hydrogen-bond donors (Lipinski definition) is 0. The molecule has 3 heterocycles. The fourth-order valence-corrected chi connectivity index (χ4v) is 5.14. The van der Waals surface area contributed by atoms with Gasteiger partial charge in [-0.25, -0.2) is 4.98 Å². The second-order valence-corrected chi connectivity index (χ2v) is 8.79. The lowest BCUT2D eigenvalue weighted by Gasteiger charge is -2.40. The summed E-state index contributed by atoms with van der Waals surface area (Å²) in [7, 11) is 3.37. The number of likely N-dealkylation sites (tertiary alicyclic amines) is 2. The number of hydrogen-bond acceptors (Lipinski definition) is 6. The fourth-order valence-electron chi connectivity index (χ4n) is 5.14. The second kappa shape index (κ2) is 9.68. The summed E-state index contributed by atoms with van der Waals surface area (Å²) in [6.45, 7) is 5.43. The Labute approximate surface area is 184 Å². The maximum atomic E-state index is 12.8. The Morgan fingerprint density at radius 1 is 1.16 bits per heavy atom. The third-order valence-corrected chi connectivity index (χ3v) is 6.65. The van der Waals surface area contributed by atoms with Crippen molar-refractivity contribution >= 4 is 5.91 Å². The number of para-hydroxylation sites is 1. The minimum atomic E-state index is 0.214. The molecule has 1 atom stereocenters. The van der Waals surface area contributed by atoms with E-state index in [0.29, 0.717) is 6.42 Å². The highest BCUT2D eigenvalue weighted by Gasteiger charge is 2.42. The number of carbonyl (C=O) groups excluding carboxylic acids is 1. The van der Waals surface area contributed by atoms with E-state index < -0.39 is 0 Å². The van der Waals surface area contributed by atoms with Crippen LogP contribution in [0.5, 0.6) is 11.5 Å². The van der Waals surface area contributed by atoms with Gasteiger partial charge in [0.1, 0.15) is 12.7 Å². The van der Waals surface area contributed by atoms with Crippen LogP contribution >= 0.6 is 0 Å². The largest absolute Gasteiger partial charge is 0.493 e. The standard InChI is InChI=1S/C23H33N5O3/c1-30-20-7-3-6-19(22(20)31-2)14-26-11-5-9-23(15-26)10-13-27(16-23)21(29)8-4-12-28-18-24-17-25-28/h3,6-7,17-18H,4-5,8-16H2,1-2H3/t23-/m1/s1. The van der Waals surface area contributed by atoms with Crippen molar-refractivity contribution in [3.8, 4) is 11.5 Å². The van der Waals surface area contributed by atoms with Crippen LogP contribution in [-0.4, -0.2) is 70.9 Å². The molecule has 31 heavy (non-hydrogen) atoms. The molecule has 8 nitrogen and oxygen atoms in total. The first-order valence-corrected chi connectivity index (χ1v) is 11.1. The lowest BCUT2D eigenvalue weighted by Crippen LogP contribution is -2.45. The Balaban J connectivity index is 1.32. The molecular weight excluding hydrogens is 394 g/mol. The average molecular weight is 428 g/mol. The summed E-state index contributed by atoms with van der Waals surface area (Å²) in [6.07, 6.45) is 8.05. The molecule has 1 spiro atoms. The molecule has 0 saturated carbocycles. The first-order chi connectivity index (χ1) is 15.1. The molecule has 2 aromatic rings. The lowest BCUT2D eigenvalue weighted by molar-refractivity contribution is -0.130. The summed E-state index contributed by atoms with van der Waals surface area (Å²) >= 11 is 0. The zero-order valence-corrected chi connectivity index (χ0v) is 18.6. The second-order valence-electron chi connectivity index (χ2n) is 8.79. The quantitative estimate of drug-likeness (QED) is 0.645. The van der Waals surface area contributed by atoms with Gasteiger partial charge in [-0.05, 0) is 38.3 Å². The van der Waals surface area contributed by atoms with Gasteiger partial charge in [0, 0.05) is 50.1 Å². The van der Waals surface area contributed by atoms with Crippen LogP contribution in [0.1, 0.15) is 37.7 Å². The zero-order chi connectivity index (χ0) is 21.7. The number of methoxy groups -OCH3 is 2. The molecule has 4 rings (SSSR count). The Morgan fingerprint density at radius 2 is 2.06 bits per heavy atom. The van der Waals surface area contributed by atoms with Crippen molar-refractivity contribution in [3.05, 3.63) is 36.4 Å². The topological polar surface area (TPSA) is 72.7 Å². The number of carbonyl (C=O) groups is 1. The molecule has 2 saturated heterocycles. The predicted molar refractivity (Wildman–Crippen MR) is 117 cm³/mol. The highest BCUT2D eigenvalue weighted by Crippen LogP contribution is 2.40. The zero-order valence-electron chi connectivity index (χ0n) is 18.6. The van der Waals surface area contributed by atoms with Crippen molar-refractivity contribution in [2.45, 2.75) is 45.2 Å². The summed E-state index contributed by atoms with van der Waals surface area (Å²) in [6, 6.07) is 6.07. The monoisotopic (exact) mass is 427 g/mol. The van der Waals surface area contributed by atoms with Gasteiger partial charge in [-0.1, -0.05) is 12.1 Å². The Kier molecular flexibility index (Phi) is 6.75. The van der Waals surface area contributed by atoms with Gasteiger partial charge in [0.15, 0.2) is 11.5 Å². The van der Waals surface area contributed by atoms with Crippen LogP contribution in [0.25, 0.3) is 0 Å². The molecule has 0 unspecified atom stereocenters. The molecule has 0 aliphatic carbocycles. The van der Waals surface area contributed by atoms with E-state index in [2.05, 4.69) is 25.9 Å². The van der Waals surface area contributed by atoms with Gasteiger partial charge < -0.3 is 14.4 Å². The first kappa shape index (κ1) is 21.6. The van der Waals surface area contributed by atoms with Crippen molar-refractivity contribution in [2.75, 3.05) is 40.4 Å². The van der Waals surface area contributed by atoms with E-state index in [1.807, 2.05) is 12.1 Å². The molecule has 0 N–H and O–H groups in total. The van der Waals surface area contributed by atoms with Crippen LogP contribution < -0.4 is 9.47 Å². The summed E-state index contributed by atoms with van der Waals surface area (Å²) in [5, 5.41) is 4.10. The first-order valence-electron chi connectivity index (χ1n) is 11.1. The third-order valence-electron chi connectivity index (χ3n) is 6.65. The number of aromatic nitrogens is 3. The number of aryl methyl sites for hydroxylation is 1. The number of amides is 1. The molecule has 2 aliphatic heterocycles. The summed E-state index contributed by atoms with van der Waals surface area (Å²) < 4.78 is 12.9.